The minimum atomic E-state index is -0.291. The van der Waals surface area contributed by atoms with E-state index in [2.05, 4.69) is 34.9 Å². The number of methoxy groups -OCH3 is 2. The predicted molar refractivity (Wildman–Crippen MR) is 152 cm³/mol. The fraction of sp³-hybridized carbons (Fsp3) is 0.241. The molecule has 194 valence electrons. The average molecular weight is 575 g/mol. The van der Waals surface area contributed by atoms with E-state index in [4.69, 9.17) is 24.5 Å². The van der Waals surface area contributed by atoms with Crippen molar-refractivity contribution < 1.29 is 14.2 Å². The molecule has 0 spiro atoms. The molecule has 4 aromatic rings. The average Bonchev–Trinajstić information content (AvgIpc) is 2.91. The summed E-state index contributed by atoms with van der Waals surface area (Å²) in [4.78, 5) is 18.5. The fourth-order valence-electron chi connectivity index (χ4n) is 4.12. The molecule has 0 radical (unpaired) electrons. The van der Waals surface area contributed by atoms with Gasteiger partial charge in [-0.3, -0.25) is 4.79 Å². The Morgan fingerprint density at radius 2 is 1.84 bits per heavy atom. The van der Waals surface area contributed by atoms with Crippen LogP contribution in [0.1, 0.15) is 36.5 Å². The molecule has 0 aliphatic heterocycles. The van der Waals surface area contributed by atoms with Gasteiger partial charge in [0.25, 0.3) is 5.56 Å². The van der Waals surface area contributed by atoms with Gasteiger partial charge in [0.1, 0.15) is 11.8 Å². The van der Waals surface area contributed by atoms with Crippen molar-refractivity contribution in [1.29, 1.82) is 5.26 Å². The van der Waals surface area contributed by atoms with Gasteiger partial charge >= 0.3 is 0 Å². The van der Waals surface area contributed by atoms with Gasteiger partial charge in [0.15, 0.2) is 23.9 Å². The third-order valence-electron chi connectivity index (χ3n) is 6.08. The van der Waals surface area contributed by atoms with Gasteiger partial charge in [0, 0.05) is 15.6 Å². The lowest BCUT2D eigenvalue weighted by atomic mass is 9.96. The number of fused-ring (bicyclic) bond motifs is 1. The van der Waals surface area contributed by atoms with Crippen LogP contribution in [0.4, 0.5) is 0 Å². The molecular formula is C29H27BrN4O4. The molecule has 0 atom stereocenters. The van der Waals surface area contributed by atoms with Crippen molar-refractivity contribution in [2.45, 2.75) is 26.7 Å². The van der Waals surface area contributed by atoms with E-state index in [9.17, 15) is 4.79 Å². The van der Waals surface area contributed by atoms with Gasteiger partial charge in [-0.15, -0.1) is 0 Å². The monoisotopic (exact) mass is 574 g/mol. The van der Waals surface area contributed by atoms with E-state index >= 15 is 0 Å². The van der Waals surface area contributed by atoms with Crippen LogP contribution in [-0.2, 0) is 0 Å². The zero-order valence-corrected chi connectivity index (χ0v) is 23.4. The summed E-state index contributed by atoms with van der Waals surface area (Å²) in [7, 11) is 3.16. The molecule has 1 aromatic heterocycles. The van der Waals surface area contributed by atoms with Crippen molar-refractivity contribution in [2.75, 3.05) is 20.8 Å². The number of para-hydroxylation sites is 1. The van der Waals surface area contributed by atoms with Crippen molar-refractivity contribution in [1.82, 2.24) is 9.66 Å². The van der Waals surface area contributed by atoms with Gasteiger partial charge in [-0.1, -0.05) is 26.0 Å². The van der Waals surface area contributed by atoms with Crippen LogP contribution in [0, 0.1) is 18.3 Å². The summed E-state index contributed by atoms with van der Waals surface area (Å²) < 4.78 is 18.5. The largest absolute Gasteiger partial charge is 0.496 e. The van der Waals surface area contributed by atoms with E-state index in [1.807, 2.05) is 37.3 Å². The number of ether oxygens (including phenoxy) is 3. The first-order chi connectivity index (χ1) is 18.3. The van der Waals surface area contributed by atoms with Gasteiger partial charge in [0.05, 0.1) is 31.3 Å². The Labute approximate surface area is 229 Å². The van der Waals surface area contributed by atoms with E-state index in [1.54, 1.807) is 37.6 Å². The number of benzene rings is 3. The summed E-state index contributed by atoms with van der Waals surface area (Å²) in [5.41, 5.74) is 3.63. The van der Waals surface area contributed by atoms with Gasteiger partial charge in [0.2, 0.25) is 0 Å². The maximum atomic E-state index is 13.7. The summed E-state index contributed by atoms with van der Waals surface area (Å²) in [5, 5.41) is 13.9. The smallest absolute Gasteiger partial charge is 0.282 e. The highest BCUT2D eigenvalue weighted by atomic mass is 79.9. The molecule has 0 amide bonds. The lowest BCUT2D eigenvalue weighted by Crippen LogP contribution is -2.21. The van der Waals surface area contributed by atoms with Gasteiger partial charge in [-0.2, -0.15) is 15.0 Å². The zero-order chi connectivity index (χ0) is 27.4. The Morgan fingerprint density at radius 1 is 1.11 bits per heavy atom. The molecule has 38 heavy (non-hydrogen) atoms. The summed E-state index contributed by atoms with van der Waals surface area (Å²) in [6, 6.07) is 16.5. The van der Waals surface area contributed by atoms with Crippen LogP contribution in [0.25, 0.3) is 22.3 Å². The number of aromatic nitrogens is 2. The second-order valence-corrected chi connectivity index (χ2v) is 9.70. The SMILES string of the molecule is COc1cc(C=Nn2c(-c3cc(C(C)C)c(OC)cc3C)nc3ccccc3c2=O)c(Br)cc1OCC#N. The van der Waals surface area contributed by atoms with Crippen molar-refractivity contribution in [3.05, 3.63) is 80.0 Å². The third kappa shape index (κ3) is 5.27. The molecule has 9 heteroatoms. The molecule has 8 nitrogen and oxygen atoms in total. The summed E-state index contributed by atoms with van der Waals surface area (Å²) in [6.07, 6.45) is 1.56. The van der Waals surface area contributed by atoms with Gasteiger partial charge < -0.3 is 14.2 Å². The van der Waals surface area contributed by atoms with Gasteiger partial charge in [-0.05, 0) is 76.3 Å². The molecule has 0 aliphatic rings. The molecule has 0 aliphatic carbocycles. The molecule has 0 bridgehead atoms. The lowest BCUT2D eigenvalue weighted by Gasteiger charge is -2.17. The Balaban J connectivity index is 1.93. The van der Waals surface area contributed by atoms with Crippen LogP contribution in [0.15, 0.2) is 62.9 Å². The number of hydrogen-bond acceptors (Lipinski definition) is 7. The van der Waals surface area contributed by atoms with Crippen molar-refractivity contribution in [2.24, 2.45) is 5.10 Å². The number of rotatable bonds is 8. The standard InChI is InChI=1S/C29H27BrN4O4/c1-17(2)21-14-22(18(3)12-25(21)36-4)28-33-24-9-7-6-8-20(24)29(35)34(28)32-16-19-13-26(37-5)27(15-23(19)30)38-11-10-31/h6-9,12-17H,11H2,1-5H3. The Bertz CT molecular complexity index is 1640. The molecule has 1 heterocycles. The molecule has 4 rings (SSSR count). The number of nitriles is 1. The highest BCUT2D eigenvalue weighted by Crippen LogP contribution is 2.35. The molecule has 0 unspecified atom stereocenters. The minimum absolute atomic E-state index is 0.114. The van der Waals surface area contributed by atoms with Crippen molar-refractivity contribution in [3.63, 3.8) is 0 Å². The number of nitrogens with zero attached hydrogens (tertiary/aromatic N) is 4. The first-order valence-electron chi connectivity index (χ1n) is 11.9. The summed E-state index contributed by atoms with van der Waals surface area (Å²) in [6.45, 7) is 6.02. The normalized spacial score (nSPS) is 11.2. The van der Waals surface area contributed by atoms with E-state index in [1.165, 1.54) is 11.8 Å². The van der Waals surface area contributed by atoms with Gasteiger partial charge in [-0.25, -0.2) is 4.98 Å². The zero-order valence-electron chi connectivity index (χ0n) is 21.8. The molecule has 0 saturated heterocycles. The molecular weight excluding hydrogens is 548 g/mol. The fourth-order valence-corrected chi connectivity index (χ4v) is 4.55. The Kier molecular flexibility index (Phi) is 8.13. The van der Waals surface area contributed by atoms with Crippen molar-refractivity contribution in [3.8, 4) is 34.7 Å². The Morgan fingerprint density at radius 3 is 2.53 bits per heavy atom. The first kappa shape index (κ1) is 26.9. The highest BCUT2D eigenvalue weighted by Gasteiger charge is 2.18. The number of hydrogen-bond donors (Lipinski definition) is 0. The summed E-state index contributed by atoms with van der Waals surface area (Å²) in [5.74, 6) is 2.25. The Hall–Kier alpha value is -4.16. The lowest BCUT2D eigenvalue weighted by molar-refractivity contribution is 0.329. The minimum Gasteiger partial charge on any atom is -0.496 e. The quantitative estimate of drug-likeness (QED) is 0.237. The van der Waals surface area contributed by atoms with Crippen molar-refractivity contribution >= 4 is 33.0 Å². The first-order valence-corrected chi connectivity index (χ1v) is 12.7. The number of aryl methyl sites for hydroxylation is 1. The van der Waals surface area contributed by atoms with Crippen LogP contribution in [0.5, 0.6) is 17.2 Å². The third-order valence-corrected chi connectivity index (χ3v) is 6.77. The second-order valence-electron chi connectivity index (χ2n) is 8.85. The van der Waals surface area contributed by atoms with E-state index in [0.717, 1.165) is 22.4 Å². The van der Waals surface area contributed by atoms with E-state index in [-0.39, 0.29) is 18.1 Å². The van der Waals surface area contributed by atoms with E-state index < -0.39 is 0 Å². The molecule has 3 aromatic carbocycles. The van der Waals surface area contributed by atoms with Crippen LogP contribution in [0.2, 0.25) is 0 Å². The molecule has 0 saturated carbocycles. The molecule has 0 fully saturated rings. The maximum absolute atomic E-state index is 13.7. The van der Waals surface area contributed by atoms with Crippen LogP contribution < -0.4 is 19.8 Å². The second kappa shape index (κ2) is 11.5. The summed E-state index contributed by atoms with van der Waals surface area (Å²) >= 11 is 3.52. The van der Waals surface area contributed by atoms with Crippen LogP contribution in [-0.4, -0.2) is 36.7 Å². The topological polar surface area (TPSA) is 98.7 Å². The molecule has 0 N–H and O–H groups in total. The number of halogens is 1. The van der Waals surface area contributed by atoms with E-state index in [0.29, 0.717) is 38.3 Å². The maximum Gasteiger partial charge on any atom is 0.282 e. The highest BCUT2D eigenvalue weighted by molar-refractivity contribution is 9.10. The van der Waals surface area contributed by atoms with Crippen LogP contribution in [0.3, 0.4) is 0 Å². The van der Waals surface area contributed by atoms with Crippen LogP contribution >= 0.6 is 15.9 Å². The predicted octanol–water partition coefficient (Wildman–Crippen LogP) is 6.06.